The molecular formula is C11H22N2O6S2. The number of hydrogen-bond donors (Lipinski definition) is 2. The van der Waals surface area contributed by atoms with Crippen molar-refractivity contribution in [1.29, 1.82) is 0 Å². The van der Waals surface area contributed by atoms with Crippen molar-refractivity contribution in [2.24, 2.45) is 0 Å². The molecule has 1 aliphatic rings. The van der Waals surface area contributed by atoms with Gasteiger partial charge in [-0.25, -0.2) is 13.1 Å². The molecule has 1 heterocycles. The summed E-state index contributed by atoms with van der Waals surface area (Å²) in [5, 5.41) is 9.10. The van der Waals surface area contributed by atoms with Crippen molar-refractivity contribution in [1.82, 2.24) is 9.03 Å². The van der Waals surface area contributed by atoms with E-state index in [0.717, 1.165) is 10.6 Å². The Balaban J connectivity index is 2.88. The van der Waals surface area contributed by atoms with Crippen molar-refractivity contribution in [3.05, 3.63) is 0 Å². The van der Waals surface area contributed by atoms with E-state index in [9.17, 15) is 21.6 Å². The molecule has 1 unspecified atom stereocenters. The predicted molar refractivity (Wildman–Crippen MR) is 77.8 cm³/mol. The van der Waals surface area contributed by atoms with Gasteiger partial charge in [-0.05, 0) is 33.1 Å². The van der Waals surface area contributed by atoms with Crippen LogP contribution in [0.5, 0.6) is 0 Å². The summed E-state index contributed by atoms with van der Waals surface area (Å²) in [5.41, 5.74) is 0. The largest absolute Gasteiger partial charge is 0.480 e. The van der Waals surface area contributed by atoms with Crippen molar-refractivity contribution in [2.75, 3.05) is 19.3 Å². The van der Waals surface area contributed by atoms with E-state index in [2.05, 4.69) is 4.72 Å². The fraction of sp³-hybridized carbons (Fsp3) is 0.909. The molecule has 0 amide bonds. The van der Waals surface area contributed by atoms with E-state index >= 15 is 0 Å². The van der Waals surface area contributed by atoms with E-state index < -0.39 is 36.8 Å². The minimum atomic E-state index is -4.03. The number of nitrogens with zero attached hydrogens (tertiary/aromatic N) is 1. The van der Waals surface area contributed by atoms with Crippen LogP contribution in [0.25, 0.3) is 0 Å². The Morgan fingerprint density at radius 1 is 1.29 bits per heavy atom. The van der Waals surface area contributed by atoms with E-state index in [0.29, 0.717) is 12.8 Å². The summed E-state index contributed by atoms with van der Waals surface area (Å²) in [6, 6.07) is -1.10. The van der Waals surface area contributed by atoms with Gasteiger partial charge < -0.3 is 5.11 Å². The van der Waals surface area contributed by atoms with Crippen LogP contribution in [0.3, 0.4) is 0 Å². The zero-order valence-corrected chi connectivity index (χ0v) is 14.0. The van der Waals surface area contributed by atoms with Gasteiger partial charge in [0.2, 0.25) is 0 Å². The predicted octanol–water partition coefficient (Wildman–Crippen LogP) is -0.417. The SMILES string of the molecule is CC(C)(CNS(=O)(=O)N1CCCCC1C(=O)O)S(C)(=O)=O. The Labute approximate surface area is 125 Å². The zero-order valence-electron chi connectivity index (χ0n) is 12.4. The van der Waals surface area contributed by atoms with Crippen molar-refractivity contribution < 1.29 is 26.7 Å². The van der Waals surface area contributed by atoms with E-state index in [1.807, 2.05) is 0 Å². The summed E-state index contributed by atoms with van der Waals surface area (Å²) in [5.74, 6) is -1.19. The molecule has 1 aliphatic heterocycles. The molecule has 0 aromatic rings. The highest BCUT2D eigenvalue weighted by molar-refractivity contribution is 7.92. The van der Waals surface area contributed by atoms with Crippen LogP contribution < -0.4 is 4.72 Å². The third-order valence-corrected chi connectivity index (χ3v) is 7.45. The highest BCUT2D eigenvalue weighted by Gasteiger charge is 2.38. The van der Waals surface area contributed by atoms with Crippen LogP contribution in [0.2, 0.25) is 0 Å². The Bertz CT molecular complexity index is 596. The Hall–Kier alpha value is -0.710. The van der Waals surface area contributed by atoms with E-state index in [1.165, 1.54) is 13.8 Å². The number of sulfone groups is 1. The molecule has 1 atom stereocenters. The number of piperidine rings is 1. The summed E-state index contributed by atoms with van der Waals surface area (Å²) < 4.78 is 49.5. The lowest BCUT2D eigenvalue weighted by atomic mass is 10.1. The lowest BCUT2D eigenvalue weighted by Crippen LogP contribution is -2.54. The van der Waals surface area contributed by atoms with E-state index in [-0.39, 0.29) is 19.5 Å². The smallest absolute Gasteiger partial charge is 0.322 e. The highest BCUT2D eigenvalue weighted by Crippen LogP contribution is 2.21. The van der Waals surface area contributed by atoms with Crippen LogP contribution >= 0.6 is 0 Å². The molecule has 0 saturated carbocycles. The van der Waals surface area contributed by atoms with Crippen molar-refractivity contribution in [3.8, 4) is 0 Å². The van der Waals surface area contributed by atoms with Crippen molar-refractivity contribution >= 4 is 26.0 Å². The first-order valence-corrected chi connectivity index (χ1v) is 9.90. The molecule has 0 radical (unpaired) electrons. The fourth-order valence-electron chi connectivity index (χ4n) is 1.92. The molecule has 10 heteroatoms. The molecule has 8 nitrogen and oxygen atoms in total. The molecule has 21 heavy (non-hydrogen) atoms. The first-order valence-electron chi connectivity index (χ1n) is 6.57. The van der Waals surface area contributed by atoms with Gasteiger partial charge in [-0.3, -0.25) is 4.79 Å². The van der Waals surface area contributed by atoms with Gasteiger partial charge in [-0.2, -0.15) is 12.7 Å². The monoisotopic (exact) mass is 342 g/mol. The number of nitrogens with one attached hydrogen (secondary N) is 1. The molecule has 1 rings (SSSR count). The van der Waals surface area contributed by atoms with E-state index in [4.69, 9.17) is 5.11 Å². The molecule has 1 saturated heterocycles. The molecule has 0 aromatic carbocycles. The number of carbonyl (C=O) groups is 1. The minimum Gasteiger partial charge on any atom is -0.480 e. The van der Waals surface area contributed by atoms with E-state index in [1.54, 1.807) is 0 Å². The Morgan fingerprint density at radius 3 is 2.33 bits per heavy atom. The molecule has 0 bridgehead atoms. The van der Waals surface area contributed by atoms with Gasteiger partial charge in [0.15, 0.2) is 9.84 Å². The highest BCUT2D eigenvalue weighted by atomic mass is 32.2. The molecule has 0 aromatic heterocycles. The van der Waals surface area contributed by atoms with Gasteiger partial charge >= 0.3 is 5.97 Å². The summed E-state index contributed by atoms with van der Waals surface area (Å²) >= 11 is 0. The maximum absolute atomic E-state index is 12.2. The van der Waals surface area contributed by atoms with Gasteiger partial charge in [0.1, 0.15) is 6.04 Å². The number of carboxylic acid groups (broad SMARTS) is 1. The fourth-order valence-corrected chi connectivity index (χ4v) is 3.95. The van der Waals surface area contributed by atoms with Crippen LogP contribution in [0.15, 0.2) is 0 Å². The topological polar surface area (TPSA) is 121 Å². The quantitative estimate of drug-likeness (QED) is 0.676. The second-order valence-electron chi connectivity index (χ2n) is 5.82. The third-order valence-electron chi connectivity index (χ3n) is 3.73. The molecule has 0 spiro atoms. The molecule has 1 fully saturated rings. The van der Waals surface area contributed by atoms with Crippen LogP contribution in [0.1, 0.15) is 33.1 Å². The standard InChI is InChI=1S/C11H22N2O6S2/c1-11(2,20(3,16)17)8-12-21(18,19)13-7-5-4-6-9(13)10(14)15/h9,12H,4-8H2,1-3H3,(H,14,15). The summed E-state index contributed by atoms with van der Waals surface area (Å²) in [6.07, 6.45) is 2.52. The van der Waals surface area contributed by atoms with Crippen molar-refractivity contribution in [3.63, 3.8) is 0 Å². The molecular weight excluding hydrogens is 320 g/mol. The summed E-state index contributed by atoms with van der Waals surface area (Å²) in [7, 11) is -7.48. The maximum Gasteiger partial charge on any atom is 0.322 e. The maximum atomic E-state index is 12.2. The number of aliphatic carboxylic acids is 1. The summed E-state index contributed by atoms with van der Waals surface area (Å²) in [6.45, 7) is 2.63. The lowest BCUT2D eigenvalue weighted by Gasteiger charge is -2.33. The average molecular weight is 342 g/mol. The van der Waals surface area contributed by atoms with Crippen LogP contribution in [-0.4, -0.2) is 62.4 Å². The third kappa shape index (κ3) is 4.38. The number of carboxylic acids is 1. The van der Waals surface area contributed by atoms with Crippen LogP contribution in [-0.2, 0) is 24.8 Å². The normalized spacial score (nSPS) is 22.1. The van der Waals surface area contributed by atoms with Crippen molar-refractivity contribution in [2.45, 2.75) is 43.9 Å². The first-order chi connectivity index (χ1) is 9.38. The van der Waals surface area contributed by atoms with Gasteiger partial charge in [-0.15, -0.1) is 0 Å². The van der Waals surface area contributed by atoms with Gasteiger partial charge in [0.25, 0.3) is 10.2 Å². The van der Waals surface area contributed by atoms with Gasteiger partial charge in [-0.1, -0.05) is 0 Å². The number of rotatable bonds is 6. The first kappa shape index (κ1) is 18.3. The van der Waals surface area contributed by atoms with Crippen LogP contribution in [0.4, 0.5) is 0 Å². The van der Waals surface area contributed by atoms with Gasteiger partial charge in [0.05, 0.1) is 4.75 Å². The van der Waals surface area contributed by atoms with Crippen LogP contribution in [0, 0.1) is 0 Å². The Kier molecular flexibility index (Phi) is 5.40. The molecule has 124 valence electrons. The number of hydrogen-bond acceptors (Lipinski definition) is 5. The Morgan fingerprint density at radius 2 is 1.86 bits per heavy atom. The zero-order chi connectivity index (χ0) is 16.5. The molecule has 0 aliphatic carbocycles. The minimum absolute atomic E-state index is 0.117. The lowest BCUT2D eigenvalue weighted by molar-refractivity contribution is -0.142. The summed E-state index contributed by atoms with van der Waals surface area (Å²) in [4.78, 5) is 11.1. The second-order valence-corrected chi connectivity index (χ2v) is 10.2. The van der Waals surface area contributed by atoms with Gasteiger partial charge in [0, 0.05) is 19.3 Å². The second kappa shape index (κ2) is 6.19. The average Bonchev–Trinajstić information content (AvgIpc) is 2.35. The molecule has 2 N–H and O–H groups in total.